The normalized spacial score (nSPS) is 38.6. The standard InChI is InChI=1S/C14H24N2O2/c17-11-14(4-2-8-18-12-14)10-15-6-7-16-5-1-3-13(16)9-15/h11,13H,1-10,12H2. The van der Waals surface area contributed by atoms with E-state index < -0.39 is 0 Å². The van der Waals surface area contributed by atoms with Gasteiger partial charge in [-0.25, -0.2) is 0 Å². The van der Waals surface area contributed by atoms with E-state index in [0.29, 0.717) is 6.61 Å². The van der Waals surface area contributed by atoms with Gasteiger partial charge in [-0.3, -0.25) is 9.80 Å². The Morgan fingerprint density at radius 3 is 3.00 bits per heavy atom. The molecule has 0 radical (unpaired) electrons. The molecule has 3 saturated heterocycles. The van der Waals surface area contributed by atoms with Gasteiger partial charge in [-0.2, -0.15) is 0 Å². The number of aldehydes is 1. The van der Waals surface area contributed by atoms with Crippen LogP contribution in [0.5, 0.6) is 0 Å². The SMILES string of the molecule is O=CC1(CN2CCN3CCCC3C2)CCCOC1. The number of piperazine rings is 1. The minimum atomic E-state index is -0.223. The van der Waals surface area contributed by atoms with Crippen molar-refractivity contribution in [1.82, 2.24) is 9.80 Å². The second-order valence-corrected chi connectivity index (χ2v) is 6.20. The van der Waals surface area contributed by atoms with Crippen molar-refractivity contribution in [3.63, 3.8) is 0 Å². The Bertz CT molecular complexity index is 302. The summed E-state index contributed by atoms with van der Waals surface area (Å²) in [7, 11) is 0. The second kappa shape index (κ2) is 5.27. The Balaban J connectivity index is 1.59. The van der Waals surface area contributed by atoms with E-state index in [2.05, 4.69) is 9.80 Å². The average molecular weight is 252 g/mol. The number of ether oxygens (including phenoxy) is 1. The van der Waals surface area contributed by atoms with Crippen molar-refractivity contribution in [1.29, 1.82) is 0 Å². The molecule has 3 rings (SSSR count). The van der Waals surface area contributed by atoms with Crippen LogP contribution in [0.1, 0.15) is 25.7 Å². The molecule has 0 aromatic carbocycles. The summed E-state index contributed by atoms with van der Waals surface area (Å²) in [6, 6.07) is 0.743. The molecule has 3 heterocycles. The summed E-state index contributed by atoms with van der Waals surface area (Å²) in [6.45, 7) is 7.08. The first kappa shape index (κ1) is 12.6. The Labute approximate surface area is 109 Å². The zero-order chi connectivity index (χ0) is 12.4. The van der Waals surface area contributed by atoms with Gasteiger partial charge in [-0.15, -0.1) is 0 Å². The quantitative estimate of drug-likeness (QED) is 0.694. The Kier molecular flexibility index (Phi) is 3.68. The molecule has 18 heavy (non-hydrogen) atoms. The molecule has 2 atom stereocenters. The largest absolute Gasteiger partial charge is 0.380 e. The maximum Gasteiger partial charge on any atom is 0.129 e. The topological polar surface area (TPSA) is 32.8 Å². The Morgan fingerprint density at radius 2 is 2.22 bits per heavy atom. The molecule has 3 fully saturated rings. The number of carbonyl (C=O) groups is 1. The van der Waals surface area contributed by atoms with Crippen molar-refractivity contribution in [2.45, 2.75) is 31.7 Å². The van der Waals surface area contributed by atoms with Crippen LogP contribution < -0.4 is 0 Å². The summed E-state index contributed by atoms with van der Waals surface area (Å²) >= 11 is 0. The van der Waals surface area contributed by atoms with Gasteiger partial charge in [0.25, 0.3) is 0 Å². The lowest BCUT2D eigenvalue weighted by atomic mass is 9.83. The lowest BCUT2D eigenvalue weighted by Gasteiger charge is -2.42. The lowest BCUT2D eigenvalue weighted by Crippen LogP contribution is -2.54. The van der Waals surface area contributed by atoms with Crippen LogP contribution in [0.25, 0.3) is 0 Å². The molecule has 2 unspecified atom stereocenters. The molecule has 3 aliphatic rings. The molecule has 4 nitrogen and oxygen atoms in total. The molecule has 0 aromatic rings. The molecule has 0 N–H and O–H groups in total. The molecule has 0 saturated carbocycles. The van der Waals surface area contributed by atoms with E-state index in [1.54, 1.807) is 0 Å². The monoisotopic (exact) mass is 252 g/mol. The van der Waals surface area contributed by atoms with Crippen molar-refractivity contribution >= 4 is 6.29 Å². The highest BCUT2D eigenvalue weighted by atomic mass is 16.5. The van der Waals surface area contributed by atoms with E-state index in [1.807, 2.05) is 0 Å². The van der Waals surface area contributed by atoms with Crippen molar-refractivity contribution in [3.8, 4) is 0 Å². The first-order valence-electron chi connectivity index (χ1n) is 7.32. The fraction of sp³-hybridized carbons (Fsp3) is 0.929. The van der Waals surface area contributed by atoms with Gasteiger partial charge in [0.15, 0.2) is 0 Å². The molecule has 4 heteroatoms. The summed E-state index contributed by atoms with van der Waals surface area (Å²) in [5.41, 5.74) is -0.223. The van der Waals surface area contributed by atoms with Gasteiger partial charge in [0.1, 0.15) is 6.29 Å². The summed E-state index contributed by atoms with van der Waals surface area (Å²) in [5.74, 6) is 0. The summed E-state index contributed by atoms with van der Waals surface area (Å²) < 4.78 is 5.54. The maximum atomic E-state index is 11.5. The first-order valence-corrected chi connectivity index (χ1v) is 7.32. The Morgan fingerprint density at radius 1 is 1.28 bits per heavy atom. The highest BCUT2D eigenvalue weighted by molar-refractivity contribution is 5.60. The number of hydrogen-bond donors (Lipinski definition) is 0. The molecule has 0 aliphatic carbocycles. The molecule has 0 amide bonds. The molecule has 0 aromatic heterocycles. The summed E-state index contributed by atoms with van der Waals surface area (Å²) in [4.78, 5) is 16.6. The summed E-state index contributed by atoms with van der Waals surface area (Å²) in [6.07, 6.45) is 5.87. The molecule has 3 aliphatic heterocycles. The van der Waals surface area contributed by atoms with Gasteiger partial charge in [0.05, 0.1) is 12.0 Å². The fourth-order valence-corrected chi connectivity index (χ4v) is 3.77. The molecule has 0 spiro atoms. The van der Waals surface area contributed by atoms with E-state index in [0.717, 1.165) is 51.4 Å². The van der Waals surface area contributed by atoms with E-state index >= 15 is 0 Å². The average Bonchev–Trinajstić information content (AvgIpc) is 2.87. The van der Waals surface area contributed by atoms with Gasteiger partial charge in [-0.1, -0.05) is 0 Å². The first-order chi connectivity index (χ1) is 8.81. The van der Waals surface area contributed by atoms with Gasteiger partial charge < -0.3 is 9.53 Å². The minimum Gasteiger partial charge on any atom is -0.380 e. The molecule has 102 valence electrons. The van der Waals surface area contributed by atoms with Crippen LogP contribution in [0, 0.1) is 5.41 Å². The predicted octanol–water partition coefficient (Wildman–Crippen LogP) is 0.762. The van der Waals surface area contributed by atoms with Crippen molar-refractivity contribution < 1.29 is 9.53 Å². The zero-order valence-corrected chi connectivity index (χ0v) is 11.1. The Hall–Kier alpha value is -0.450. The number of hydrogen-bond acceptors (Lipinski definition) is 4. The second-order valence-electron chi connectivity index (χ2n) is 6.20. The molecular formula is C14H24N2O2. The van der Waals surface area contributed by atoms with Crippen LogP contribution in [-0.2, 0) is 9.53 Å². The lowest BCUT2D eigenvalue weighted by molar-refractivity contribution is -0.126. The fourth-order valence-electron chi connectivity index (χ4n) is 3.77. The predicted molar refractivity (Wildman–Crippen MR) is 69.6 cm³/mol. The van der Waals surface area contributed by atoms with E-state index in [-0.39, 0.29) is 5.41 Å². The van der Waals surface area contributed by atoms with Crippen LogP contribution >= 0.6 is 0 Å². The van der Waals surface area contributed by atoms with Gasteiger partial charge in [-0.05, 0) is 32.2 Å². The van der Waals surface area contributed by atoms with Crippen LogP contribution in [0.15, 0.2) is 0 Å². The summed E-state index contributed by atoms with van der Waals surface area (Å²) in [5, 5.41) is 0. The maximum absolute atomic E-state index is 11.5. The van der Waals surface area contributed by atoms with Gasteiger partial charge in [0, 0.05) is 38.8 Å². The number of nitrogens with zero attached hydrogens (tertiary/aromatic N) is 2. The van der Waals surface area contributed by atoms with Crippen molar-refractivity contribution in [2.24, 2.45) is 5.41 Å². The highest BCUT2D eigenvalue weighted by Gasteiger charge is 2.38. The van der Waals surface area contributed by atoms with Gasteiger partial charge in [0.2, 0.25) is 0 Å². The highest BCUT2D eigenvalue weighted by Crippen LogP contribution is 2.29. The van der Waals surface area contributed by atoms with Crippen LogP contribution in [0.3, 0.4) is 0 Å². The van der Waals surface area contributed by atoms with E-state index in [1.165, 1.54) is 25.9 Å². The van der Waals surface area contributed by atoms with Gasteiger partial charge >= 0.3 is 0 Å². The van der Waals surface area contributed by atoms with E-state index in [4.69, 9.17) is 4.74 Å². The minimum absolute atomic E-state index is 0.223. The number of rotatable bonds is 3. The van der Waals surface area contributed by atoms with Crippen LogP contribution in [0.2, 0.25) is 0 Å². The van der Waals surface area contributed by atoms with E-state index in [9.17, 15) is 4.79 Å². The van der Waals surface area contributed by atoms with Crippen LogP contribution in [-0.4, -0.2) is 68.1 Å². The van der Waals surface area contributed by atoms with Crippen LogP contribution in [0.4, 0.5) is 0 Å². The third-order valence-electron chi connectivity index (χ3n) is 4.81. The third-order valence-corrected chi connectivity index (χ3v) is 4.81. The smallest absolute Gasteiger partial charge is 0.129 e. The third kappa shape index (κ3) is 2.46. The molecule has 0 bridgehead atoms. The number of fused-ring (bicyclic) bond motifs is 1. The number of carbonyl (C=O) groups excluding carboxylic acids is 1. The molecular weight excluding hydrogens is 228 g/mol. The van der Waals surface area contributed by atoms with Crippen molar-refractivity contribution in [2.75, 3.05) is 45.9 Å². The zero-order valence-electron chi connectivity index (χ0n) is 11.1. The van der Waals surface area contributed by atoms with Crippen molar-refractivity contribution in [3.05, 3.63) is 0 Å².